The Kier molecular flexibility index (Phi) is 10.6. The molecule has 3 aromatic carbocycles. The molecule has 14 heteroatoms. The topological polar surface area (TPSA) is 137 Å². The number of carbonyl (C=O) groups excluding carboxylic acids is 1. The van der Waals surface area contributed by atoms with E-state index in [4.69, 9.17) is 25.8 Å². The second-order valence-electron chi connectivity index (χ2n) is 11.5. The number of rotatable bonds is 10. The molecule has 0 spiro atoms. The van der Waals surface area contributed by atoms with Gasteiger partial charge in [0.2, 0.25) is 5.95 Å². The summed E-state index contributed by atoms with van der Waals surface area (Å²) in [7, 11) is 5.32. The highest BCUT2D eigenvalue weighted by Crippen LogP contribution is 2.34. The molecule has 1 unspecified atom stereocenters. The maximum Gasteiger partial charge on any atom is 0.323 e. The molecule has 2 fully saturated rings. The lowest BCUT2D eigenvalue weighted by Crippen LogP contribution is -2.44. The number of likely N-dealkylation sites (N-methyl/N-ethyl adjacent to an activating group) is 1. The van der Waals surface area contributed by atoms with Crippen LogP contribution in [0.15, 0.2) is 66.9 Å². The van der Waals surface area contributed by atoms with Gasteiger partial charge >= 0.3 is 6.03 Å². The van der Waals surface area contributed by atoms with Gasteiger partial charge in [-0.1, -0.05) is 17.7 Å². The summed E-state index contributed by atoms with van der Waals surface area (Å²) in [5, 5.41) is 15.9. The zero-order chi connectivity index (χ0) is 33.5. The van der Waals surface area contributed by atoms with Crippen LogP contribution in [0.25, 0.3) is 0 Å². The number of ether oxygens (including phenoxy) is 3. The normalized spacial score (nSPS) is 16.6. The van der Waals surface area contributed by atoms with Gasteiger partial charge in [-0.25, -0.2) is 9.78 Å². The van der Waals surface area contributed by atoms with Crippen LogP contribution in [0.4, 0.5) is 45.0 Å². The van der Waals surface area contributed by atoms with Crippen LogP contribution in [-0.4, -0.2) is 88.0 Å². The molecule has 2 amide bonds. The summed E-state index contributed by atoms with van der Waals surface area (Å²) in [5.74, 6) is 1.88. The standard InChI is InChI=1S/C34H40ClN9O4/c1-43-13-15-44(16-14-43)25-8-4-22(5-9-25)39-34(45)40-24-7-11-28(30(19-24)47-3)41-33-37-20-27(35)32(42-33)38-23-6-10-26(29(18-23)46-2)31-21-36-12-17-48-31/h4-11,18-20,31,36H,12-17,21H2,1-3H3,(H2,39,40,45)(H2,37,38,41,42). The Labute approximate surface area is 284 Å². The van der Waals surface area contributed by atoms with Gasteiger partial charge in [0.05, 0.1) is 38.8 Å². The Hall–Kier alpha value is -4.82. The fourth-order valence-corrected chi connectivity index (χ4v) is 5.72. The summed E-state index contributed by atoms with van der Waals surface area (Å²) < 4.78 is 17.2. The van der Waals surface area contributed by atoms with E-state index in [0.29, 0.717) is 52.0 Å². The predicted octanol–water partition coefficient (Wildman–Crippen LogP) is 5.69. The molecule has 2 aliphatic rings. The Bertz CT molecular complexity index is 1710. The number of aromatic nitrogens is 2. The van der Waals surface area contributed by atoms with E-state index in [9.17, 15) is 4.79 Å². The molecule has 4 aromatic rings. The number of hydrogen-bond donors (Lipinski definition) is 5. The summed E-state index contributed by atoms with van der Waals surface area (Å²) in [6.45, 7) is 6.23. The summed E-state index contributed by atoms with van der Waals surface area (Å²) in [6, 6.07) is 18.5. The molecule has 0 bridgehead atoms. The van der Waals surface area contributed by atoms with Crippen molar-refractivity contribution in [3.63, 3.8) is 0 Å². The number of anilines is 7. The number of urea groups is 1. The Balaban J connectivity index is 1.08. The van der Waals surface area contributed by atoms with Gasteiger partial charge in [-0.15, -0.1) is 0 Å². The zero-order valence-corrected chi connectivity index (χ0v) is 27.9. The molecule has 1 atom stereocenters. The third-order valence-corrected chi connectivity index (χ3v) is 8.49. The molecule has 48 heavy (non-hydrogen) atoms. The number of nitrogens with one attached hydrogen (secondary N) is 5. The van der Waals surface area contributed by atoms with E-state index < -0.39 is 0 Å². The minimum atomic E-state index is -0.366. The van der Waals surface area contributed by atoms with E-state index in [0.717, 1.165) is 56.2 Å². The monoisotopic (exact) mass is 673 g/mol. The Morgan fingerprint density at radius 3 is 2.35 bits per heavy atom. The van der Waals surface area contributed by atoms with Crippen molar-refractivity contribution in [1.29, 1.82) is 0 Å². The largest absolute Gasteiger partial charge is 0.496 e. The van der Waals surface area contributed by atoms with Gasteiger partial charge in [0.15, 0.2) is 5.82 Å². The van der Waals surface area contributed by atoms with Crippen molar-refractivity contribution in [2.75, 3.05) is 93.3 Å². The third-order valence-electron chi connectivity index (χ3n) is 8.21. The first-order valence-corrected chi connectivity index (χ1v) is 16.1. The van der Waals surface area contributed by atoms with Crippen molar-refractivity contribution >= 4 is 57.8 Å². The third kappa shape index (κ3) is 8.17. The maximum atomic E-state index is 12.8. The van der Waals surface area contributed by atoms with E-state index in [2.05, 4.69) is 53.4 Å². The summed E-state index contributed by atoms with van der Waals surface area (Å²) >= 11 is 6.46. The molecule has 5 N–H and O–H groups in total. The summed E-state index contributed by atoms with van der Waals surface area (Å²) in [4.78, 5) is 26.4. The second-order valence-corrected chi connectivity index (χ2v) is 11.9. The molecular weight excluding hydrogens is 634 g/mol. The van der Waals surface area contributed by atoms with E-state index >= 15 is 0 Å². The average molecular weight is 674 g/mol. The minimum absolute atomic E-state index is 0.0863. The first kappa shape index (κ1) is 33.1. The van der Waals surface area contributed by atoms with Crippen molar-refractivity contribution in [1.82, 2.24) is 20.2 Å². The van der Waals surface area contributed by atoms with Gasteiger partial charge in [0.1, 0.15) is 16.5 Å². The zero-order valence-electron chi connectivity index (χ0n) is 27.2. The molecule has 0 saturated carbocycles. The minimum Gasteiger partial charge on any atom is -0.496 e. The SMILES string of the molecule is COc1cc(NC(=O)Nc2ccc(N3CCN(C)CC3)cc2)ccc1Nc1ncc(Cl)c(Nc2ccc(C3CNCCO3)c(OC)c2)n1. The molecule has 252 valence electrons. The number of halogens is 1. The smallest absolute Gasteiger partial charge is 0.323 e. The predicted molar refractivity (Wildman–Crippen MR) is 190 cm³/mol. The average Bonchev–Trinajstić information content (AvgIpc) is 3.11. The number of nitrogens with zero attached hydrogens (tertiary/aromatic N) is 4. The molecule has 0 aliphatic carbocycles. The van der Waals surface area contributed by atoms with E-state index in [-0.39, 0.29) is 12.1 Å². The van der Waals surface area contributed by atoms with Crippen LogP contribution in [-0.2, 0) is 4.74 Å². The number of benzene rings is 3. The number of piperazine rings is 1. The fourth-order valence-electron chi connectivity index (χ4n) is 5.58. The maximum absolute atomic E-state index is 12.8. The molecule has 0 radical (unpaired) electrons. The summed E-state index contributed by atoms with van der Waals surface area (Å²) in [6.07, 6.45) is 1.42. The molecule has 1 aromatic heterocycles. The van der Waals surface area contributed by atoms with Crippen LogP contribution in [0, 0.1) is 0 Å². The fraction of sp³-hybridized carbons (Fsp3) is 0.324. The van der Waals surface area contributed by atoms with Crippen molar-refractivity contribution in [2.45, 2.75) is 6.10 Å². The first-order valence-electron chi connectivity index (χ1n) is 15.7. The van der Waals surface area contributed by atoms with Gasteiger partial charge in [0, 0.05) is 79.7 Å². The first-order chi connectivity index (χ1) is 23.4. The van der Waals surface area contributed by atoms with Crippen LogP contribution < -0.4 is 41.0 Å². The van der Waals surface area contributed by atoms with Gasteiger partial charge in [-0.2, -0.15) is 4.98 Å². The molecule has 6 rings (SSSR count). The van der Waals surface area contributed by atoms with Gasteiger partial charge in [0.25, 0.3) is 0 Å². The van der Waals surface area contributed by atoms with Crippen molar-refractivity contribution in [3.8, 4) is 11.5 Å². The Morgan fingerprint density at radius 2 is 1.62 bits per heavy atom. The lowest BCUT2D eigenvalue weighted by Gasteiger charge is -2.34. The van der Waals surface area contributed by atoms with Crippen molar-refractivity contribution in [3.05, 3.63) is 77.4 Å². The summed E-state index contributed by atoms with van der Waals surface area (Å²) in [5.41, 5.74) is 4.70. The van der Waals surface area contributed by atoms with E-state index in [1.54, 1.807) is 32.4 Å². The molecular formula is C34H40ClN9O4. The number of morpholine rings is 1. The number of methoxy groups -OCH3 is 2. The number of amides is 2. The quantitative estimate of drug-likeness (QED) is 0.142. The number of hydrogen-bond acceptors (Lipinski definition) is 11. The van der Waals surface area contributed by atoms with Crippen LogP contribution in [0.5, 0.6) is 11.5 Å². The molecule has 2 saturated heterocycles. The highest BCUT2D eigenvalue weighted by Gasteiger charge is 2.20. The van der Waals surface area contributed by atoms with Crippen molar-refractivity contribution in [2.24, 2.45) is 0 Å². The lowest BCUT2D eigenvalue weighted by molar-refractivity contribution is 0.0263. The highest BCUT2D eigenvalue weighted by molar-refractivity contribution is 6.32. The van der Waals surface area contributed by atoms with Gasteiger partial charge in [-0.3, -0.25) is 0 Å². The molecule has 13 nitrogen and oxygen atoms in total. The van der Waals surface area contributed by atoms with Gasteiger partial charge in [-0.05, 0) is 49.5 Å². The van der Waals surface area contributed by atoms with Crippen LogP contribution in [0.1, 0.15) is 11.7 Å². The van der Waals surface area contributed by atoms with E-state index in [1.165, 1.54) is 6.20 Å². The van der Waals surface area contributed by atoms with Gasteiger partial charge < -0.3 is 50.6 Å². The molecule has 3 heterocycles. The molecule has 2 aliphatic heterocycles. The number of carbonyl (C=O) groups is 1. The lowest BCUT2D eigenvalue weighted by atomic mass is 10.1. The van der Waals surface area contributed by atoms with E-state index in [1.807, 2.05) is 42.5 Å². The Morgan fingerprint density at radius 1 is 0.917 bits per heavy atom. The van der Waals surface area contributed by atoms with Crippen LogP contribution in [0.2, 0.25) is 5.02 Å². The van der Waals surface area contributed by atoms with Crippen LogP contribution >= 0.6 is 11.6 Å². The second kappa shape index (κ2) is 15.4. The van der Waals surface area contributed by atoms with Crippen molar-refractivity contribution < 1.29 is 19.0 Å². The van der Waals surface area contributed by atoms with Crippen LogP contribution in [0.3, 0.4) is 0 Å². The highest BCUT2D eigenvalue weighted by atomic mass is 35.5.